The first-order valence-corrected chi connectivity index (χ1v) is 5.55. The van der Waals surface area contributed by atoms with E-state index in [2.05, 4.69) is 5.32 Å². The van der Waals surface area contributed by atoms with Crippen LogP contribution >= 0.6 is 11.6 Å². The molecular weight excluding hydrogens is 242 g/mol. The summed E-state index contributed by atoms with van der Waals surface area (Å²) in [6, 6.07) is 5.68. The van der Waals surface area contributed by atoms with Crippen molar-refractivity contribution in [1.29, 1.82) is 0 Å². The van der Waals surface area contributed by atoms with Crippen LogP contribution in [0.4, 0.5) is 0 Å². The maximum Gasteiger partial charge on any atom is 0.277 e. The van der Waals surface area contributed by atoms with E-state index in [9.17, 15) is 4.79 Å². The molecule has 0 radical (unpaired) electrons. The average molecular weight is 258 g/mol. The van der Waals surface area contributed by atoms with Gasteiger partial charge in [0.05, 0.1) is 0 Å². The molecular formula is C12H16ClNO3. The fraction of sp³-hybridized carbons (Fsp3) is 0.417. The van der Waals surface area contributed by atoms with Crippen LogP contribution in [0.15, 0.2) is 18.2 Å². The molecule has 0 saturated heterocycles. The van der Waals surface area contributed by atoms with Gasteiger partial charge < -0.3 is 14.8 Å². The summed E-state index contributed by atoms with van der Waals surface area (Å²) in [4.78, 5) is 11.6. The third-order valence-electron chi connectivity index (χ3n) is 2.37. The SMILES string of the molecule is COC(OC)C(=O)NCc1cccc(C)c1Cl. The van der Waals surface area contributed by atoms with E-state index in [1.165, 1.54) is 14.2 Å². The van der Waals surface area contributed by atoms with Gasteiger partial charge in [0.2, 0.25) is 6.29 Å². The summed E-state index contributed by atoms with van der Waals surface area (Å²) in [5, 5.41) is 3.36. The van der Waals surface area contributed by atoms with Gasteiger partial charge in [-0.15, -0.1) is 0 Å². The molecule has 1 amide bonds. The number of methoxy groups -OCH3 is 2. The third kappa shape index (κ3) is 3.70. The molecule has 0 aromatic heterocycles. The smallest absolute Gasteiger partial charge is 0.277 e. The predicted molar refractivity (Wildman–Crippen MR) is 65.8 cm³/mol. The largest absolute Gasteiger partial charge is 0.348 e. The number of hydrogen-bond acceptors (Lipinski definition) is 3. The van der Waals surface area contributed by atoms with E-state index in [0.717, 1.165) is 11.1 Å². The van der Waals surface area contributed by atoms with Crippen LogP contribution in [0.5, 0.6) is 0 Å². The second kappa shape index (κ2) is 6.59. The summed E-state index contributed by atoms with van der Waals surface area (Å²) in [6.07, 6.45) is -0.890. The van der Waals surface area contributed by atoms with Gasteiger partial charge >= 0.3 is 0 Å². The fourth-order valence-corrected chi connectivity index (χ4v) is 1.61. The number of halogens is 1. The summed E-state index contributed by atoms with van der Waals surface area (Å²) >= 11 is 6.11. The van der Waals surface area contributed by atoms with Gasteiger partial charge in [0.1, 0.15) is 0 Å². The van der Waals surface area contributed by atoms with E-state index in [1.54, 1.807) is 0 Å². The van der Waals surface area contributed by atoms with Crippen molar-refractivity contribution in [2.24, 2.45) is 0 Å². The van der Waals surface area contributed by atoms with E-state index in [4.69, 9.17) is 21.1 Å². The second-order valence-corrected chi connectivity index (χ2v) is 3.95. The molecule has 17 heavy (non-hydrogen) atoms. The average Bonchev–Trinajstić information content (AvgIpc) is 2.32. The van der Waals surface area contributed by atoms with Crippen LogP contribution in [0.1, 0.15) is 11.1 Å². The molecule has 0 unspecified atom stereocenters. The highest BCUT2D eigenvalue weighted by atomic mass is 35.5. The van der Waals surface area contributed by atoms with E-state index in [1.807, 2.05) is 25.1 Å². The minimum atomic E-state index is -0.890. The first-order chi connectivity index (χ1) is 8.10. The Bertz CT molecular complexity index is 391. The van der Waals surface area contributed by atoms with Crippen molar-refractivity contribution < 1.29 is 14.3 Å². The van der Waals surface area contributed by atoms with Gasteiger partial charge in [-0.25, -0.2) is 0 Å². The molecule has 0 atom stereocenters. The fourth-order valence-electron chi connectivity index (χ4n) is 1.42. The summed E-state index contributed by atoms with van der Waals surface area (Å²) in [5.41, 5.74) is 1.85. The quantitative estimate of drug-likeness (QED) is 0.820. The van der Waals surface area contributed by atoms with Gasteiger partial charge in [-0.05, 0) is 18.1 Å². The minimum absolute atomic E-state index is 0.326. The predicted octanol–water partition coefficient (Wildman–Crippen LogP) is 1.88. The molecule has 0 aliphatic rings. The number of nitrogens with one attached hydrogen (secondary N) is 1. The zero-order chi connectivity index (χ0) is 12.8. The van der Waals surface area contributed by atoms with Crippen LogP contribution in [0, 0.1) is 6.92 Å². The summed E-state index contributed by atoms with van der Waals surface area (Å²) in [7, 11) is 2.82. The van der Waals surface area contributed by atoms with Crippen LogP contribution in [0.2, 0.25) is 5.02 Å². The van der Waals surface area contributed by atoms with Gasteiger partial charge in [0.15, 0.2) is 0 Å². The Morgan fingerprint density at radius 3 is 2.65 bits per heavy atom. The number of aryl methyl sites for hydroxylation is 1. The van der Waals surface area contributed by atoms with Gasteiger partial charge in [0, 0.05) is 25.8 Å². The van der Waals surface area contributed by atoms with Crippen molar-refractivity contribution in [3.05, 3.63) is 34.3 Å². The lowest BCUT2D eigenvalue weighted by atomic mass is 10.1. The molecule has 94 valence electrons. The van der Waals surface area contributed by atoms with Crippen molar-refractivity contribution >= 4 is 17.5 Å². The number of carbonyl (C=O) groups is 1. The van der Waals surface area contributed by atoms with Gasteiger partial charge in [-0.3, -0.25) is 4.79 Å². The first kappa shape index (κ1) is 14.0. The Morgan fingerprint density at radius 2 is 2.06 bits per heavy atom. The summed E-state index contributed by atoms with van der Waals surface area (Å²) in [6.45, 7) is 2.27. The first-order valence-electron chi connectivity index (χ1n) is 5.17. The molecule has 5 heteroatoms. The Labute approximate surface area is 106 Å². The van der Waals surface area contributed by atoms with Gasteiger partial charge in [-0.1, -0.05) is 29.8 Å². The minimum Gasteiger partial charge on any atom is -0.348 e. The van der Waals surface area contributed by atoms with Gasteiger partial charge in [-0.2, -0.15) is 0 Å². The lowest BCUT2D eigenvalue weighted by Crippen LogP contribution is -2.36. The highest BCUT2D eigenvalue weighted by Crippen LogP contribution is 2.19. The molecule has 4 nitrogen and oxygen atoms in total. The number of rotatable bonds is 5. The molecule has 1 aromatic rings. The Morgan fingerprint density at radius 1 is 1.41 bits per heavy atom. The highest BCUT2D eigenvalue weighted by molar-refractivity contribution is 6.32. The molecule has 1 aromatic carbocycles. The van der Waals surface area contributed by atoms with Gasteiger partial charge in [0.25, 0.3) is 5.91 Å². The number of carbonyl (C=O) groups excluding carboxylic acids is 1. The Kier molecular flexibility index (Phi) is 5.41. The van der Waals surface area contributed by atoms with E-state index < -0.39 is 6.29 Å². The molecule has 0 aliphatic carbocycles. The maximum absolute atomic E-state index is 11.6. The monoisotopic (exact) mass is 257 g/mol. The Balaban J connectivity index is 2.61. The van der Waals surface area contributed by atoms with Crippen LogP contribution < -0.4 is 5.32 Å². The standard InChI is InChI=1S/C12H16ClNO3/c1-8-5-4-6-9(10(8)13)7-14-11(15)12(16-2)17-3/h4-6,12H,7H2,1-3H3,(H,14,15). The normalized spacial score (nSPS) is 10.6. The molecule has 0 bridgehead atoms. The zero-order valence-electron chi connectivity index (χ0n) is 10.1. The van der Waals surface area contributed by atoms with Crippen molar-refractivity contribution in [3.63, 3.8) is 0 Å². The van der Waals surface area contributed by atoms with E-state index in [-0.39, 0.29) is 5.91 Å². The highest BCUT2D eigenvalue weighted by Gasteiger charge is 2.16. The van der Waals surface area contributed by atoms with Crippen molar-refractivity contribution in [3.8, 4) is 0 Å². The second-order valence-electron chi connectivity index (χ2n) is 3.57. The lowest BCUT2D eigenvalue weighted by Gasteiger charge is -2.14. The number of amides is 1. The molecule has 1 rings (SSSR count). The van der Waals surface area contributed by atoms with Crippen LogP contribution in [0.3, 0.4) is 0 Å². The van der Waals surface area contributed by atoms with Crippen LogP contribution in [-0.4, -0.2) is 26.4 Å². The summed E-state index contributed by atoms with van der Waals surface area (Å²) in [5.74, 6) is -0.326. The zero-order valence-corrected chi connectivity index (χ0v) is 10.9. The Hall–Kier alpha value is -1.10. The molecule has 1 N–H and O–H groups in total. The molecule has 0 spiro atoms. The van der Waals surface area contributed by atoms with E-state index in [0.29, 0.717) is 11.6 Å². The van der Waals surface area contributed by atoms with Crippen molar-refractivity contribution in [2.45, 2.75) is 19.8 Å². The molecule has 0 saturated carbocycles. The molecule has 0 fully saturated rings. The maximum atomic E-state index is 11.6. The van der Waals surface area contributed by atoms with Crippen LogP contribution in [0.25, 0.3) is 0 Å². The van der Waals surface area contributed by atoms with E-state index >= 15 is 0 Å². The number of hydrogen-bond donors (Lipinski definition) is 1. The lowest BCUT2D eigenvalue weighted by molar-refractivity contribution is -0.159. The molecule has 0 aliphatic heterocycles. The topological polar surface area (TPSA) is 47.6 Å². The summed E-state index contributed by atoms with van der Waals surface area (Å²) < 4.78 is 9.67. The number of benzene rings is 1. The van der Waals surface area contributed by atoms with Crippen molar-refractivity contribution in [2.75, 3.05) is 14.2 Å². The molecule has 0 heterocycles. The van der Waals surface area contributed by atoms with Crippen molar-refractivity contribution in [1.82, 2.24) is 5.32 Å². The van der Waals surface area contributed by atoms with Crippen LogP contribution in [-0.2, 0) is 20.8 Å². The number of ether oxygens (including phenoxy) is 2. The third-order valence-corrected chi connectivity index (χ3v) is 2.91.